The van der Waals surface area contributed by atoms with Crippen LogP contribution >= 0.6 is 0 Å². The second-order valence-corrected chi connectivity index (χ2v) is 4.57. The van der Waals surface area contributed by atoms with Gasteiger partial charge in [-0.1, -0.05) is 19.8 Å². The first-order chi connectivity index (χ1) is 8.00. The zero-order valence-corrected chi connectivity index (χ0v) is 10.4. The number of nitrogens with zero attached hydrogens (tertiary/aromatic N) is 1. The molecule has 0 bridgehead atoms. The van der Waals surface area contributed by atoms with Gasteiger partial charge in [0, 0.05) is 31.8 Å². The number of amides is 1. The molecule has 0 aliphatic carbocycles. The molecular formula is C13H19NO3. The Bertz CT molecular complexity index is 353. The van der Waals surface area contributed by atoms with Crippen LogP contribution in [0, 0.1) is 23.7 Å². The normalized spacial score (nSPS) is 24.2. The molecule has 4 heteroatoms. The third kappa shape index (κ3) is 4.48. The first-order valence-electron chi connectivity index (χ1n) is 5.98. The summed E-state index contributed by atoms with van der Waals surface area (Å²) >= 11 is 0. The highest BCUT2D eigenvalue weighted by Crippen LogP contribution is 2.15. The quantitative estimate of drug-likeness (QED) is 0.754. The van der Waals surface area contributed by atoms with Crippen LogP contribution in [0.25, 0.3) is 0 Å². The van der Waals surface area contributed by atoms with E-state index in [0.29, 0.717) is 25.4 Å². The topological polar surface area (TPSA) is 57.6 Å². The molecule has 17 heavy (non-hydrogen) atoms. The summed E-state index contributed by atoms with van der Waals surface area (Å²) in [5.41, 5.74) is 0. The summed E-state index contributed by atoms with van der Waals surface area (Å²) in [6.45, 7) is 5.42. The third-order valence-corrected chi connectivity index (χ3v) is 3.10. The summed E-state index contributed by atoms with van der Waals surface area (Å²) in [6.07, 6.45) is 0.671. The van der Waals surface area contributed by atoms with Crippen molar-refractivity contribution in [2.45, 2.75) is 33.1 Å². The van der Waals surface area contributed by atoms with Crippen molar-refractivity contribution in [3.8, 4) is 11.8 Å². The van der Waals surface area contributed by atoms with Gasteiger partial charge in [0.25, 0.3) is 0 Å². The van der Waals surface area contributed by atoms with Crippen LogP contribution in [0.2, 0.25) is 0 Å². The number of carbonyl (C=O) groups is 2. The molecule has 1 N–H and O–H groups in total. The highest BCUT2D eigenvalue weighted by Gasteiger charge is 2.20. The maximum Gasteiger partial charge on any atom is 0.303 e. The van der Waals surface area contributed by atoms with Crippen LogP contribution in [0.3, 0.4) is 0 Å². The molecular weight excluding hydrogens is 218 g/mol. The SMILES string of the molecule is C[C@H]1C#CCCN(C(=O)CCC(=O)O)C[C@@H]1C. The van der Waals surface area contributed by atoms with Gasteiger partial charge < -0.3 is 10.0 Å². The van der Waals surface area contributed by atoms with E-state index in [9.17, 15) is 9.59 Å². The largest absolute Gasteiger partial charge is 0.481 e. The lowest BCUT2D eigenvalue weighted by Gasteiger charge is -2.28. The van der Waals surface area contributed by atoms with Gasteiger partial charge in [0.05, 0.1) is 6.42 Å². The Labute approximate surface area is 102 Å². The molecule has 0 saturated heterocycles. The van der Waals surface area contributed by atoms with E-state index < -0.39 is 5.97 Å². The molecule has 0 spiro atoms. The second kappa shape index (κ2) is 6.29. The molecule has 1 aliphatic rings. The van der Waals surface area contributed by atoms with Gasteiger partial charge in [0.1, 0.15) is 0 Å². The number of carbonyl (C=O) groups excluding carboxylic acids is 1. The number of hydrogen-bond donors (Lipinski definition) is 1. The van der Waals surface area contributed by atoms with E-state index in [4.69, 9.17) is 5.11 Å². The summed E-state index contributed by atoms with van der Waals surface area (Å²) in [5, 5.41) is 8.56. The fourth-order valence-corrected chi connectivity index (χ4v) is 1.76. The van der Waals surface area contributed by atoms with Crippen LogP contribution in [0.1, 0.15) is 33.1 Å². The Morgan fingerprint density at radius 3 is 2.71 bits per heavy atom. The van der Waals surface area contributed by atoms with Crippen molar-refractivity contribution in [3.63, 3.8) is 0 Å². The van der Waals surface area contributed by atoms with Gasteiger partial charge in [-0.2, -0.15) is 0 Å². The number of hydrogen-bond acceptors (Lipinski definition) is 2. The Balaban J connectivity index is 2.56. The molecule has 4 nitrogen and oxygen atoms in total. The maximum absolute atomic E-state index is 11.8. The predicted molar refractivity (Wildman–Crippen MR) is 64.2 cm³/mol. The molecule has 2 atom stereocenters. The van der Waals surface area contributed by atoms with Crippen molar-refractivity contribution in [1.82, 2.24) is 4.90 Å². The van der Waals surface area contributed by atoms with Crippen molar-refractivity contribution < 1.29 is 14.7 Å². The summed E-state index contributed by atoms with van der Waals surface area (Å²) in [7, 11) is 0. The van der Waals surface area contributed by atoms with Crippen LogP contribution < -0.4 is 0 Å². The predicted octanol–water partition coefficient (Wildman–Crippen LogP) is 1.36. The highest BCUT2D eigenvalue weighted by atomic mass is 16.4. The average molecular weight is 237 g/mol. The minimum Gasteiger partial charge on any atom is -0.481 e. The summed E-state index contributed by atoms with van der Waals surface area (Å²) in [5.74, 6) is 5.83. The van der Waals surface area contributed by atoms with Crippen molar-refractivity contribution in [2.24, 2.45) is 11.8 Å². The van der Waals surface area contributed by atoms with Crippen molar-refractivity contribution in [1.29, 1.82) is 0 Å². The molecule has 0 aromatic rings. The van der Waals surface area contributed by atoms with E-state index in [1.165, 1.54) is 0 Å². The molecule has 0 radical (unpaired) electrons. The molecule has 1 heterocycles. The van der Waals surface area contributed by atoms with Gasteiger partial charge in [-0.15, -0.1) is 5.92 Å². The van der Waals surface area contributed by atoms with E-state index in [0.717, 1.165) is 0 Å². The van der Waals surface area contributed by atoms with E-state index in [-0.39, 0.29) is 24.7 Å². The van der Waals surface area contributed by atoms with Crippen LogP contribution in [0.15, 0.2) is 0 Å². The third-order valence-electron chi connectivity index (χ3n) is 3.10. The summed E-state index contributed by atoms with van der Waals surface area (Å²) in [4.78, 5) is 24.0. The first-order valence-corrected chi connectivity index (χ1v) is 5.98. The van der Waals surface area contributed by atoms with Gasteiger partial charge in [0.15, 0.2) is 0 Å². The fraction of sp³-hybridized carbons (Fsp3) is 0.692. The second-order valence-electron chi connectivity index (χ2n) is 4.57. The Morgan fingerprint density at radius 2 is 2.06 bits per heavy atom. The number of carboxylic acids is 1. The van der Waals surface area contributed by atoms with E-state index in [2.05, 4.69) is 25.7 Å². The fourth-order valence-electron chi connectivity index (χ4n) is 1.76. The van der Waals surface area contributed by atoms with Crippen molar-refractivity contribution in [2.75, 3.05) is 13.1 Å². The first kappa shape index (κ1) is 13.6. The van der Waals surface area contributed by atoms with Gasteiger partial charge in [0.2, 0.25) is 5.91 Å². The lowest BCUT2D eigenvalue weighted by Crippen LogP contribution is -2.37. The zero-order valence-electron chi connectivity index (χ0n) is 10.4. The van der Waals surface area contributed by atoms with E-state index in [1.807, 2.05) is 0 Å². The molecule has 1 amide bonds. The van der Waals surface area contributed by atoms with Crippen molar-refractivity contribution >= 4 is 11.9 Å². The number of carboxylic acid groups (broad SMARTS) is 1. The van der Waals surface area contributed by atoms with Crippen LogP contribution in [-0.2, 0) is 9.59 Å². The summed E-state index contributed by atoms with van der Waals surface area (Å²) in [6, 6.07) is 0. The van der Waals surface area contributed by atoms with E-state index in [1.54, 1.807) is 4.90 Å². The van der Waals surface area contributed by atoms with Crippen molar-refractivity contribution in [3.05, 3.63) is 0 Å². The smallest absolute Gasteiger partial charge is 0.303 e. The highest BCUT2D eigenvalue weighted by molar-refractivity contribution is 5.80. The standard InChI is InChI=1S/C13H19NO3/c1-10-5-3-4-8-14(9-11(10)2)12(15)6-7-13(16)17/h10-11H,4,6-9H2,1-2H3,(H,16,17)/t10-,11-/m0/s1. The molecule has 0 unspecified atom stereocenters. The Kier molecular flexibility index (Phi) is 5.02. The lowest BCUT2D eigenvalue weighted by atomic mass is 9.94. The monoisotopic (exact) mass is 237 g/mol. The van der Waals surface area contributed by atoms with Crippen LogP contribution in [0.4, 0.5) is 0 Å². The Hall–Kier alpha value is -1.50. The van der Waals surface area contributed by atoms with Crippen LogP contribution in [-0.4, -0.2) is 35.0 Å². The molecule has 0 aromatic carbocycles. The minimum atomic E-state index is -0.924. The van der Waals surface area contributed by atoms with Gasteiger partial charge in [-0.05, 0) is 5.92 Å². The van der Waals surface area contributed by atoms with E-state index >= 15 is 0 Å². The number of rotatable bonds is 3. The van der Waals surface area contributed by atoms with Gasteiger partial charge in [-0.3, -0.25) is 9.59 Å². The molecule has 0 fully saturated rings. The molecule has 0 saturated carbocycles. The lowest BCUT2D eigenvalue weighted by molar-refractivity contribution is -0.141. The molecule has 1 rings (SSSR count). The Morgan fingerprint density at radius 1 is 1.35 bits per heavy atom. The number of aliphatic carboxylic acids is 1. The van der Waals surface area contributed by atoms with Gasteiger partial charge >= 0.3 is 5.97 Å². The van der Waals surface area contributed by atoms with Gasteiger partial charge in [-0.25, -0.2) is 0 Å². The van der Waals surface area contributed by atoms with Crippen LogP contribution in [0.5, 0.6) is 0 Å². The molecule has 94 valence electrons. The minimum absolute atomic E-state index is 0.0739. The molecule has 0 aromatic heterocycles. The maximum atomic E-state index is 11.8. The zero-order chi connectivity index (χ0) is 12.8. The summed E-state index contributed by atoms with van der Waals surface area (Å²) < 4.78 is 0. The molecule has 1 aliphatic heterocycles. The average Bonchev–Trinajstić information content (AvgIpc) is 2.27.